The van der Waals surface area contributed by atoms with Crippen LogP contribution in [0.5, 0.6) is 0 Å². The van der Waals surface area contributed by atoms with Crippen molar-refractivity contribution in [1.29, 1.82) is 0 Å². The molecule has 14 heteroatoms. The van der Waals surface area contributed by atoms with Crippen LogP contribution in [0.2, 0.25) is 54.4 Å². The molecule has 1 N–H and O–H groups in total. The molecule has 0 spiro atoms. The molecule has 0 radical (unpaired) electrons. The first-order chi connectivity index (χ1) is 21.0. The van der Waals surface area contributed by atoms with E-state index in [0.29, 0.717) is 0 Å². The second-order valence-corrected chi connectivity index (χ2v) is 27.9. The summed E-state index contributed by atoms with van der Waals surface area (Å²) in [6.07, 6.45) is -3.05. The van der Waals surface area contributed by atoms with Crippen LogP contribution in [0.3, 0.4) is 0 Å². The van der Waals surface area contributed by atoms with Crippen molar-refractivity contribution in [2.24, 2.45) is 5.11 Å². The molecule has 5 atom stereocenters. The molecule has 2 rings (SSSR count). The fourth-order valence-corrected chi connectivity index (χ4v) is 16.0. The lowest BCUT2D eigenvalue weighted by Gasteiger charge is -2.51. The Kier molecular flexibility index (Phi) is 15.8. The molecule has 3 unspecified atom stereocenters. The summed E-state index contributed by atoms with van der Waals surface area (Å²) in [6.45, 7) is 19.8. The highest BCUT2D eigenvalue weighted by Gasteiger charge is 2.53. The van der Waals surface area contributed by atoms with Crippen molar-refractivity contribution >= 4 is 35.0 Å². The molecule has 0 amide bonds. The summed E-state index contributed by atoms with van der Waals surface area (Å²) in [5, 5.41) is 4.03. The number of rotatable bonds is 20. The molecule has 1 aliphatic heterocycles. The molecular formula is C30H58N4O6SSi3. The van der Waals surface area contributed by atoms with Gasteiger partial charge in [0.05, 0.1) is 23.6 Å². The van der Waals surface area contributed by atoms with Crippen LogP contribution < -0.4 is 4.72 Å². The Morgan fingerprint density at radius 3 is 1.66 bits per heavy atom. The zero-order chi connectivity index (χ0) is 33.0. The van der Waals surface area contributed by atoms with E-state index in [2.05, 4.69) is 77.1 Å². The second-order valence-electron chi connectivity index (χ2n) is 11.9. The predicted molar refractivity (Wildman–Crippen MR) is 186 cm³/mol. The first kappa shape index (κ1) is 39.1. The molecule has 0 saturated carbocycles. The fourth-order valence-electron chi connectivity index (χ4n) is 6.35. The molecule has 44 heavy (non-hydrogen) atoms. The molecule has 10 nitrogen and oxygen atoms in total. The Bertz CT molecular complexity index is 1120. The lowest BCUT2D eigenvalue weighted by Crippen LogP contribution is -2.68. The van der Waals surface area contributed by atoms with Crippen LogP contribution in [-0.4, -0.2) is 70.6 Å². The van der Waals surface area contributed by atoms with E-state index >= 15 is 0 Å². The lowest BCUT2D eigenvalue weighted by molar-refractivity contribution is -0.178. The van der Waals surface area contributed by atoms with Gasteiger partial charge in [0.1, 0.15) is 12.2 Å². The molecule has 0 aliphatic carbocycles. The minimum absolute atomic E-state index is 0.121. The molecule has 1 aromatic carbocycles. The minimum Gasteiger partial charge on any atom is -0.414 e. The highest BCUT2D eigenvalue weighted by molar-refractivity contribution is 7.89. The number of azide groups is 1. The monoisotopic (exact) mass is 686 g/mol. The van der Waals surface area contributed by atoms with Gasteiger partial charge in [-0.2, -0.15) is 0 Å². The maximum atomic E-state index is 13.8. The third-order valence-corrected chi connectivity index (χ3v) is 25.7. The van der Waals surface area contributed by atoms with Crippen molar-refractivity contribution in [1.82, 2.24) is 4.72 Å². The summed E-state index contributed by atoms with van der Waals surface area (Å²) in [5.41, 5.74) is 9.66. The maximum absolute atomic E-state index is 13.8. The van der Waals surface area contributed by atoms with Crippen molar-refractivity contribution in [3.63, 3.8) is 0 Å². The van der Waals surface area contributed by atoms with Crippen LogP contribution in [-0.2, 0) is 28.0 Å². The second kappa shape index (κ2) is 17.7. The van der Waals surface area contributed by atoms with E-state index in [1.807, 2.05) is 0 Å². The molecule has 1 heterocycles. The highest BCUT2D eigenvalue weighted by atomic mass is 32.2. The van der Waals surface area contributed by atoms with Crippen LogP contribution in [0.4, 0.5) is 0 Å². The number of ether oxygens (including phenoxy) is 1. The molecule has 252 valence electrons. The zero-order valence-corrected chi connectivity index (χ0v) is 32.4. The molecule has 0 bridgehead atoms. The maximum Gasteiger partial charge on any atom is 0.240 e. The lowest BCUT2D eigenvalue weighted by atomic mass is 9.97. The van der Waals surface area contributed by atoms with E-state index in [4.69, 9.17) is 18.0 Å². The van der Waals surface area contributed by atoms with Gasteiger partial charge < -0.3 is 18.0 Å². The first-order valence-corrected chi connectivity index (χ1v) is 25.8. The fraction of sp³-hybridized carbons (Fsp3) is 0.800. The molecule has 1 aliphatic rings. The van der Waals surface area contributed by atoms with Crippen LogP contribution in [0.25, 0.3) is 10.4 Å². The van der Waals surface area contributed by atoms with Gasteiger partial charge in [0, 0.05) is 4.91 Å². The van der Waals surface area contributed by atoms with Crippen molar-refractivity contribution in [2.75, 3.05) is 6.61 Å². The number of nitrogens with one attached hydrogen (secondary N) is 1. The van der Waals surface area contributed by atoms with Crippen LogP contribution in [0, 0.1) is 0 Å². The SMILES string of the molecule is CC[Si](CC)(CC)OCC1O[C@@H](N=[N+]=[N-])C(NS(=O)(=O)c2ccccc2)C(O[Si](CC)(CC)CC)[C@@H]1O[Si](CC)(CC)CC. The summed E-state index contributed by atoms with van der Waals surface area (Å²) in [7, 11) is -10.6. The van der Waals surface area contributed by atoms with Gasteiger partial charge in [0.25, 0.3) is 0 Å². The van der Waals surface area contributed by atoms with E-state index in [0.717, 1.165) is 54.4 Å². The number of hydrogen-bond acceptors (Lipinski definition) is 7. The molecular weight excluding hydrogens is 629 g/mol. The van der Waals surface area contributed by atoms with E-state index in [1.54, 1.807) is 30.3 Å². The predicted octanol–water partition coefficient (Wildman–Crippen LogP) is 8.17. The summed E-state index contributed by atoms with van der Waals surface area (Å²) < 4.78 is 58.3. The van der Waals surface area contributed by atoms with E-state index in [-0.39, 0.29) is 11.5 Å². The zero-order valence-electron chi connectivity index (χ0n) is 28.5. The van der Waals surface area contributed by atoms with Crippen LogP contribution in [0.1, 0.15) is 62.3 Å². The van der Waals surface area contributed by atoms with E-state index < -0.39 is 65.6 Å². The van der Waals surface area contributed by atoms with E-state index in [1.165, 1.54) is 0 Å². The smallest absolute Gasteiger partial charge is 0.240 e. The summed E-state index contributed by atoms with van der Waals surface area (Å²) in [4.78, 5) is 3.22. The van der Waals surface area contributed by atoms with Crippen molar-refractivity contribution in [3.8, 4) is 0 Å². The van der Waals surface area contributed by atoms with Crippen molar-refractivity contribution < 1.29 is 26.4 Å². The quantitative estimate of drug-likeness (QED) is 0.0637. The normalized spacial score (nSPS) is 23.3. The Morgan fingerprint density at radius 2 is 1.23 bits per heavy atom. The van der Waals surface area contributed by atoms with Gasteiger partial charge in [-0.3, -0.25) is 0 Å². The van der Waals surface area contributed by atoms with Gasteiger partial charge in [-0.15, -0.1) is 0 Å². The van der Waals surface area contributed by atoms with Crippen molar-refractivity contribution in [2.45, 2.75) is 152 Å². The Labute approximate surface area is 270 Å². The van der Waals surface area contributed by atoms with Crippen LogP contribution in [0.15, 0.2) is 40.3 Å². The van der Waals surface area contributed by atoms with Gasteiger partial charge in [-0.25, -0.2) is 13.1 Å². The number of sulfonamides is 1. The molecule has 1 saturated heterocycles. The van der Waals surface area contributed by atoms with Crippen molar-refractivity contribution in [3.05, 3.63) is 40.8 Å². The Balaban J connectivity index is 2.79. The average Bonchev–Trinajstić information content (AvgIpc) is 3.06. The van der Waals surface area contributed by atoms with E-state index in [9.17, 15) is 13.9 Å². The average molecular weight is 687 g/mol. The number of nitrogens with zero attached hydrogens (tertiary/aromatic N) is 3. The largest absolute Gasteiger partial charge is 0.414 e. The molecule has 0 aromatic heterocycles. The minimum atomic E-state index is -4.01. The summed E-state index contributed by atoms with van der Waals surface area (Å²) in [5.74, 6) is 0. The Hall–Kier alpha value is -1.07. The van der Waals surface area contributed by atoms with Gasteiger partial charge in [-0.1, -0.05) is 85.6 Å². The topological polar surface area (TPSA) is 132 Å². The molecule has 1 fully saturated rings. The molecule has 1 aromatic rings. The number of benzene rings is 1. The third kappa shape index (κ3) is 9.26. The standard InChI is InChI=1S/C30H58N4O6SSi3/c1-10-42(11-2,12-3)37-24-26-28(39-43(13-4,14-5)15-6)29(40-44(16-7,17-8)18-9)27(30(38-26)32-34-31)33-41(35,36)25-22-20-19-21-23-25/h19-23,26-30,33H,10-18,24H2,1-9H3/t26?,27?,28-,29?,30-/m1/s1. The number of hydrogen-bond donors (Lipinski definition) is 1. The van der Waals surface area contributed by atoms with Gasteiger partial charge in [0.15, 0.2) is 31.2 Å². The van der Waals surface area contributed by atoms with Gasteiger partial charge in [0.2, 0.25) is 10.0 Å². The summed E-state index contributed by atoms with van der Waals surface area (Å²) in [6, 6.07) is 15.5. The highest BCUT2D eigenvalue weighted by Crippen LogP contribution is 2.37. The Morgan fingerprint density at radius 1 is 0.773 bits per heavy atom. The van der Waals surface area contributed by atoms with Gasteiger partial charge in [-0.05, 0) is 72.1 Å². The van der Waals surface area contributed by atoms with Gasteiger partial charge >= 0.3 is 0 Å². The van der Waals surface area contributed by atoms with Crippen LogP contribution >= 0.6 is 0 Å². The summed E-state index contributed by atoms with van der Waals surface area (Å²) >= 11 is 0. The third-order valence-electron chi connectivity index (χ3n) is 10.3. The first-order valence-electron chi connectivity index (χ1n) is 16.7.